The fraction of sp³-hybridized carbons (Fsp3) is 0.0714. The Morgan fingerprint density at radius 3 is 2.26 bits per heavy atom. The van der Waals surface area contributed by atoms with E-state index in [1.54, 1.807) is 0 Å². The first-order valence-electron chi connectivity index (χ1n) is 6.14. The quantitative estimate of drug-likeness (QED) is 0.500. The second kappa shape index (κ2) is 6.29. The van der Waals surface area contributed by atoms with E-state index >= 15 is 0 Å². The maximum absolute atomic E-state index is 12.4. The molecule has 120 valence electrons. The highest BCUT2D eigenvalue weighted by molar-refractivity contribution is 7.80. The Kier molecular flexibility index (Phi) is 4.60. The highest BCUT2D eigenvalue weighted by atomic mass is 32.1. The summed E-state index contributed by atoms with van der Waals surface area (Å²) in [4.78, 5) is 22.2. The summed E-state index contributed by atoms with van der Waals surface area (Å²) in [5.74, 6) is -0.679. The lowest BCUT2D eigenvalue weighted by atomic mass is 10.1. The standard InChI is InChI=1S/C14H9F3N2O3S/c15-14(16,17)9-2-4-10(5-3-9)18-13(20)8-1-6-12(23)11(7-8)19(21)22/h1-7,23H,(H,18,20). The molecular weight excluding hydrogens is 333 g/mol. The third-order valence-electron chi connectivity index (χ3n) is 2.90. The molecule has 0 saturated heterocycles. The van der Waals surface area contributed by atoms with Gasteiger partial charge in [-0.1, -0.05) is 0 Å². The number of alkyl halides is 3. The van der Waals surface area contributed by atoms with Crippen molar-refractivity contribution < 1.29 is 22.9 Å². The van der Waals surface area contributed by atoms with Crippen LogP contribution >= 0.6 is 12.6 Å². The third-order valence-corrected chi connectivity index (χ3v) is 3.28. The van der Waals surface area contributed by atoms with Crippen LogP contribution in [-0.2, 0) is 6.18 Å². The van der Waals surface area contributed by atoms with Gasteiger partial charge in [-0.15, -0.1) is 12.6 Å². The van der Waals surface area contributed by atoms with Crippen molar-refractivity contribution in [2.75, 3.05) is 5.32 Å². The number of carbonyl (C=O) groups is 1. The minimum atomic E-state index is -4.47. The summed E-state index contributed by atoms with van der Waals surface area (Å²) in [5.41, 5.74) is -1.05. The lowest BCUT2D eigenvalue weighted by molar-refractivity contribution is -0.387. The highest BCUT2D eigenvalue weighted by Gasteiger charge is 2.30. The van der Waals surface area contributed by atoms with Crippen molar-refractivity contribution in [3.8, 4) is 0 Å². The number of thiol groups is 1. The Balaban J connectivity index is 2.19. The zero-order valence-electron chi connectivity index (χ0n) is 11.3. The summed E-state index contributed by atoms with van der Waals surface area (Å²) in [7, 11) is 0. The summed E-state index contributed by atoms with van der Waals surface area (Å²) in [5, 5.41) is 13.2. The predicted molar refractivity (Wildman–Crippen MR) is 79.7 cm³/mol. The fourth-order valence-electron chi connectivity index (χ4n) is 1.76. The number of nitrogens with zero attached hydrogens (tertiary/aromatic N) is 1. The average molecular weight is 342 g/mol. The maximum Gasteiger partial charge on any atom is 0.416 e. The molecule has 0 aliphatic rings. The van der Waals surface area contributed by atoms with E-state index in [1.807, 2.05) is 0 Å². The summed E-state index contributed by atoms with van der Waals surface area (Å²) < 4.78 is 37.3. The van der Waals surface area contributed by atoms with E-state index in [0.29, 0.717) is 0 Å². The average Bonchev–Trinajstić information content (AvgIpc) is 2.47. The monoisotopic (exact) mass is 342 g/mol. The molecule has 9 heteroatoms. The number of nitro benzene ring substituents is 1. The van der Waals surface area contributed by atoms with Crippen molar-refractivity contribution in [3.63, 3.8) is 0 Å². The number of hydrogen-bond acceptors (Lipinski definition) is 4. The lowest BCUT2D eigenvalue weighted by Crippen LogP contribution is -2.12. The summed E-state index contributed by atoms with van der Waals surface area (Å²) in [6.07, 6.45) is -4.47. The van der Waals surface area contributed by atoms with Crippen LogP contribution in [0.3, 0.4) is 0 Å². The molecule has 0 heterocycles. The molecule has 2 aromatic carbocycles. The molecule has 0 unspecified atom stereocenters. The van der Waals surface area contributed by atoms with Gasteiger partial charge in [0.2, 0.25) is 0 Å². The highest BCUT2D eigenvalue weighted by Crippen LogP contribution is 2.30. The molecule has 1 N–H and O–H groups in total. The van der Waals surface area contributed by atoms with Crippen molar-refractivity contribution in [3.05, 3.63) is 63.7 Å². The molecular formula is C14H9F3N2O3S. The van der Waals surface area contributed by atoms with Gasteiger partial charge in [0.25, 0.3) is 11.6 Å². The van der Waals surface area contributed by atoms with Gasteiger partial charge in [0, 0.05) is 17.3 Å². The number of rotatable bonds is 3. The number of anilines is 1. The van der Waals surface area contributed by atoms with E-state index in [0.717, 1.165) is 30.3 Å². The van der Waals surface area contributed by atoms with E-state index in [2.05, 4.69) is 17.9 Å². The van der Waals surface area contributed by atoms with E-state index in [-0.39, 0.29) is 21.8 Å². The van der Waals surface area contributed by atoms with Crippen LogP contribution in [0.1, 0.15) is 15.9 Å². The van der Waals surface area contributed by atoms with Crippen LogP contribution in [0.25, 0.3) is 0 Å². The molecule has 0 aliphatic carbocycles. The van der Waals surface area contributed by atoms with Gasteiger partial charge in [-0.25, -0.2) is 0 Å². The van der Waals surface area contributed by atoms with E-state index < -0.39 is 22.6 Å². The van der Waals surface area contributed by atoms with Gasteiger partial charge in [0.15, 0.2) is 0 Å². The van der Waals surface area contributed by atoms with Crippen LogP contribution in [0.4, 0.5) is 24.5 Å². The molecule has 1 amide bonds. The number of nitro groups is 1. The summed E-state index contributed by atoms with van der Waals surface area (Å²) in [6, 6.07) is 7.52. The van der Waals surface area contributed by atoms with Gasteiger partial charge >= 0.3 is 6.18 Å². The van der Waals surface area contributed by atoms with E-state index in [4.69, 9.17) is 0 Å². The topological polar surface area (TPSA) is 72.2 Å². The van der Waals surface area contributed by atoms with Crippen LogP contribution in [0.5, 0.6) is 0 Å². The zero-order chi connectivity index (χ0) is 17.2. The Morgan fingerprint density at radius 2 is 1.74 bits per heavy atom. The smallest absolute Gasteiger partial charge is 0.322 e. The minimum Gasteiger partial charge on any atom is -0.322 e. The molecule has 2 rings (SSSR count). The molecule has 0 atom stereocenters. The van der Waals surface area contributed by atoms with Gasteiger partial charge in [0.1, 0.15) is 0 Å². The number of halogens is 3. The van der Waals surface area contributed by atoms with Crippen molar-refractivity contribution in [2.45, 2.75) is 11.1 Å². The Morgan fingerprint density at radius 1 is 1.13 bits per heavy atom. The third kappa shape index (κ3) is 4.01. The van der Waals surface area contributed by atoms with Crippen molar-refractivity contribution in [1.29, 1.82) is 0 Å². The summed E-state index contributed by atoms with van der Waals surface area (Å²) >= 11 is 3.91. The van der Waals surface area contributed by atoms with Crippen molar-refractivity contribution >= 4 is 29.9 Å². The molecule has 0 saturated carbocycles. The molecule has 0 aromatic heterocycles. The van der Waals surface area contributed by atoms with Crippen LogP contribution in [0.2, 0.25) is 0 Å². The largest absolute Gasteiger partial charge is 0.416 e. The second-order valence-electron chi connectivity index (χ2n) is 4.49. The molecule has 5 nitrogen and oxygen atoms in total. The van der Waals surface area contributed by atoms with Gasteiger partial charge in [-0.2, -0.15) is 13.2 Å². The number of hydrogen-bond donors (Lipinski definition) is 2. The van der Waals surface area contributed by atoms with Crippen molar-refractivity contribution in [2.24, 2.45) is 0 Å². The van der Waals surface area contributed by atoms with Crippen molar-refractivity contribution in [1.82, 2.24) is 0 Å². The van der Waals surface area contributed by atoms with E-state index in [1.165, 1.54) is 12.1 Å². The van der Waals surface area contributed by atoms with E-state index in [9.17, 15) is 28.1 Å². The fourth-order valence-corrected chi connectivity index (χ4v) is 1.98. The van der Waals surface area contributed by atoms with Crippen LogP contribution < -0.4 is 5.32 Å². The van der Waals surface area contributed by atoms with Gasteiger partial charge in [-0.3, -0.25) is 14.9 Å². The van der Waals surface area contributed by atoms with Crippen LogP contribution in [0, 0.1) is 10.1 Å². The molecule has 2 aromatic rings. The minimum absolute atomic E-state index is 0.00519. The zero-order valence-corrected chi connectivity index (χ0v) is 12.2. The lowest BCUT2D eigenvalue weighted by Gasteiger charge is -2.09. The Bertz CT molecular complexity index is 761. The first kappa shape index (κ1) is 16.8. The first-order valence-corrected chi connectivity index (χ1v) is 6.59. The first-order chi connectivity index (χ1) is 10.7. The molecule has 0 spiro atoms. The second-order valence-corrected chi connectivity index (χ2v) is 4.97. The Labute approximate surface area is 133 Å². The maximum atomic E-state index is 12.4. The van der Waals surface area contributed by atoms with Gasteiger partial charge in [0.05, 0.1) is 15.4 Å². The molecule has 23 heavy (non-hydrogen) atoms. The number of amides is 1. The molecule has 0 radical (unpaired) electrons. The van der Waals surface area contributed by atoms with Gasteiger partial charge in [-0.05, 0) is 36.4 Å². The SMILES string of the molecule is O=C(Nc1ccc(C(F)(F)F)cc1)c1ccc(S)c([N+](=O)[O-])c1. The molecule has 0 fully saturated rings. The predicted octanol–water partition coefficient (Wildman–Crippen LogP) is 4.15. The number of nitrogens with one attached hydrogen (secondary N) is 1. The van der Waals surface area contributed by atoms with Crippen LogP contribution in [0.15, 0.2) is 47.4 Å². The number of benzene rings is 2. The van der Waals surface area contributed by atoms with Gasteiger partial charge < -0.3 is 5.32 Å². The van der Waals surface area contributed by atoms with Crippen LogP contribution in [-0.4, -0.2) is 10.8 Å². The number of carbonyl (C=O) groups excluding carboxylic acids is 1. The molecule has 0 bridgehead atoms. The molecule has 0 aliphatic heterocycles. The Hall–Kier alpha value is -2.55. The summed E-state index contributed by atoms with van der Waals surface area (Å²) in [6.45, 7) is 0. The normalized spacial score (nSPS) is 11.1.